The van der Waals surface area contributed by atoms with Crippen molar-refractivity contribution in [2.24, 2.45) is 0 Å². The molecule has 27 heavy (non-hydrogen) atoms. The molecule has 0 saturated carbocycles. The molecule has 3 rings (SSSR count). The molecule has 0 bridgehead atoms. The highest BCUT2D eigenvalue weighted by molar-refractivity contribution is 14.1. The zero-order valence-corrected chi connectivity index (χ0v) is 18.1. The van der Waals surface area contributed by atoms with E-state index in [4.69, 9.17) is 16.3 Å². The summed E-state index contributed by atoms with van der Waals surface area (Å²) in [6, 6.07) is 10.7. The van der Waals surface area contributed by atoms with Gasteiger partial charge in [0.25, 0.3) is 11.8 Å². The predicted octanol–water partition coefficient (Wildman–Crippen LogP) is 3.86. The number of nitrogens with zero attached hydrogens (tertiary/aromatic N) is 2. The number of aryl methyl sites for hydroxylation is 1. The Morgan fingerprint density at radius 2 is 1.63 bits per heavy atom. The third kappa shape index (κ3) is 4.38. The number of methoxy groups -OCH3 is 1. The van der Waals surface area contributed by atoms with Crippen LogP contribution in [0.1, 0.15) is 26.3 Å². The fraction of sp³-hybridized carbons (Fsp3) is 0.300. The quantitative estimate of drug-likeness (QED) is 0.604. The summed E-state index contributed by atoms with van der Waals surface area (Å²) in [7, 11) is 1.60. The zero-order chi connectivity index (χ0) is 19.6. The minimum absolute atomic E-state index is 0.0276. The normalized spacial score (nSPS) is 14.2. The fourth-order valence-electron chi connectivity index (χ4n) is 3.08. The van der Waals surface area contributed by atoms with Gasteiger partial charge in [-0.1, -0.05) is 17.7 Å². The fourth-order valence-corrected chi connectivity index (χ4v) is 4.18. The van der Waals surface area contributed by atoms with Crippen LogP contribution in [-0.2, 0) is 0 Å². The van der Waals surface area contributed by atoms with Gasteiger partial charge in [-0.3, -0.25) is 9.59 Å². The van der Waals surface area contributed by atoms with Crippen molar-refractivity contribution in [1.29, 1.82) is 0 Å². The van der Waals surface area contributed by atoms with Gasteiger partial charge in [0.05, 0.1) is 12.7 Å². The Kier molecular flexibility index (Phi) is 6.26. The standard InChI is InChI=1S/C20H20ClIN2O3/c1-13-3-4-14(11-18(13)27-2)19(25)23-7-9-24(10-8-23)20(26)16-6-5-15(21)12-17(16)22/h3-6,11-12H,7-10H2,1-2H3. The van der Waals surface area contributed by atoms with Gasteiger partial charge in [-0.05, 0) is 65.4 Å². The molecule has 0 aliphatic carbocycles. The Bertz CT molecular complexity index is 880. The number of carbonyl (C=O) groups is 2. The molecule has 0 unspecified atom stereocenters. The summed E-state index contributed by atoms with van der Waals surface area (Å²) in [6.45, 7) is 3.96. The summed E-state index contributed by atoms with van der Waals surface area (Å²) in [5, 5.41) is 0.611. The minimum atomic E-state index is -0.0403. The van der Waals surface area contributed by atoms with E-state index in [0.29, 0.717) is 48.1 Å². The van der Waals surface area contributed by atoms with Crippen molar-refractivity contribution >= 4 is 46.0 Å². The Hall–Kier alpha value is -1.80. The van der Waals surface area contributed by atoms with Gasteiger partial charge in [0, 0.05) is 40.3 Å². The molecular formula is C20H20ClIN2O3. The summed E-state index contributed by atoms with van der Waals surface area (Å²) < 4.78 is 6.14. The van der Waals surface area contributed by atoms with E-state index in [0.717, 1.165) is 9.13 Å². The maximum atomic E-state index is 12.8. The molecule has 0 radical (unpaired) electrons. The van der Waals surface area contributed by atoms with Gasteiger partial charge in [0.1, 0.15) is 5.75 Å². The highest BCUT2D eigenvalue weighted by Gasteiger charge is 2.26. The first-order valence-corrected chi connectivity index (χ1v) is 10.0. The number of hydrogen-bond donors (Lipinski definition) is 0. The van der Waals surface area contributed by atoms with Gasteiger partial charge in [-0.15, -0.1) is 0 Å². The summed E-state index contributed by atoms with van der Waals surface area (Å²) in [5.74, 6) is 0.633. The van der Waals surface area contributed by atoms with Crippen molar-refractivity contribution in [3.8, 4) is 5.75 Å². The first-order chi connectivity index (χ1) is 12.9. The van der Waals surface area contributed by atoms with E-state index >= 15 is 0 Å². The first-order valence-electron chi connectivity index (χ1n) is 8.59. The third-order valence-electron chi connectivity index (χ3n) is 4.67. The minimum Gasteiger partial charge on any atom is -0.496 e. The second kappa shape index (κ2) is 8.48. The molecule has 1 heterocycles. The van der Waals surface area contributed by atoms with Crippen LogP contribution >= 0.6 is 34.2 Å². The van der Waals surface area contributed by atoms with Crippen LogP contribution in [0.25, 0.3) is 0 Å². The van der Waals surface area contributed by atoms with E-state index in [2.05, 4.69) is 22.6 Å². The average molecular weight is 499 g/mol. The number of rotatable bonds is 3. The predicted molar refractivity (Wildman–Crippen MR) is 114 cm³/mol. The number of carbonyl (C=O) groups excluding carboxylic acids is 2. The number of halogens is 2. The van der Waals surface area contributed by atoms with Crippen LogP contribution in [0.5, 0.6) is 5.75 Å². The summed E-state index contributed by atoms with van der Waals surface area (Å²) in [5.41, 5.74) is 2.23. The number of piperazine rings is 1. The van der Waals surface area contributed by atoms with Crippen molar-refractivity contribution in [2.75, 3.05) is 33.3 Å². The molecule has 1 aliphatic heterocycles. The molecule has 142 valence electrons. The Morgan fingerprint density at radius 3 is 2.22 bits per heavy atom. The van der Waals surface area contributed by atoms with Crippen molar-refractivity contribution < 1.29 is 14.3 Å². The van der Waals surface area contributed by atoms with Gasteiger partial charge >= 0.3 is 0 Å². The zero-order valence-electron chi connectivity index (χ0n) is 15.2. The highest BCUT2D eigenvalue weighted by Crippen LogP contribution is 2.22. The van der Waals surface area contributed by atoms with E-state index in [-0.39, 0.29) is 11.8 Å². The van der Waals surface area contributed by atoms with Gasteiger partial charge in [0.2, 0.25) is 0 Å². The van der Waals surface area contributed by atoms with Crippen molar-refractivity contribution in [3.05, 3.63) is 61.7 Å². The maximum absolute atomic E-state index is 12.8. The summed E-state index contributed by atoms with van der Waals surface area (Å²) in [6.07, 6.45) is 0. The average Bonchev–Trinajstić information content (AvgIpc) is 2.67. The van der Waals surface area contributed by atoms with Crippen molar-refractivity contribution in [1.82, 2.24) is 9.80 Å². The van der Waals surface area contributed by atoms with Crippen LogP contribution in [0.15, 0.2) is 36.4 Å². The van der Waals surface area contributed by atoms with E-state index < -0.39 is 0 Å². The molecule has 2 aromatic rings. The summed E-state index contributed by atoms with van der Waals surface area (Å²) >= 11 is 8.09. The molecule has 7 heteroatoms. The molecule has 5 nitrogen and oxygen atoms in total. The number of amides is 2. The van der Waals surface area contributed by atoms with Gasteiger partial charge in [0.15, 0.2) is 0 Å². The van der Waals surface area contributed by atoms with Crippen LogP contribution in [0.4, 0.5) is 0 Å². The van der Waals surface area contributed by atoms with E-state index in [1.165, 1.54) is 0 Å². The van der Waals surface area contributed by atoms with Gasteiger partial charge in [-0.2, -0.15) is 0 Å². The molecule has 2 amide bonds. The van der Waals surface area contributed by atoms with Crippen LogP contribution < -0.4 is 4.74 Å². The van der Waals surface area contributed by atoms with Crippen molar-refractivity contribution in [2.45, 2.75) is 6.92 Å². The molecule has 0 aromatic heterocycles. The van der Waals surface area contributed by atoms with Crippen LogP contribution in [-0.4, -0.2) is 54.9 Å². The van der Waals surface area contributed by atoms with Crippen LogP contribution in [0, 0.1) is 10.5 Å². The third-order valence-corrected chi connectivity index (χ3v) is 5.80. The second-order valence-corrected chi connectivity index (χ2v) is 7.99. The molecule has 0 N–H and O–H groups in total. The number of ether oxygens (including phenoxy) is 1. The molecule has 2 aromatic carbocycles. The lowest BCUT2D eigenvalue weighted by molar-refractivity contribution is 0.0535. The SMILES string of the molecule is COc1cc(C(=O)N2CCN(C(=O)c3ccc(Cl)cc3I)CC2)ccc1C. The monoisotopic (exact) mass is 498 g/mol. The lowest BCUT2D eigenvalue weighted by Crippen LogP contribution is -2.50. The molecule has 1 fully saturated rings. The van der Waals surface area contributed by atoms with Gasteiger partial charge < -0.3 is 14.5 Å². The smallest absolute Gasteiger partial charge is 0.255 e. The lowest BCUT2D eigenvalue weighted by atomic mass is 10.1. The Balaban J connectivity index is 1.66. The Labute approximate surface area is 177 Å². The molecule has 1 aliphatic rings. The molecule has 0 spiro atoms. The van der Waals surface area contributed by atoms with Crippen LogP contribution in [0.3, 0.4) is 0 Å². The lowest BCUT2D eigenvalue weighted by Gasteiger charge is -2.35. The molecule has 0 atom stereocenters. The first kappa shape index (κ1) is 19.9. The van der Waals surface area contributed by atoms with E-state index in [9.17, 15) is 9.59 Å². The highest BCUT2D eigenvalue weighted by atomic mass is 127. The largest absolute Gasteiger partial charge is 0.496 e. The van der Waals surface area contributed by atoms with Crippen molar-refractivity contribution in [3.63, 3.8) is 0 Å². The molecular weight excluding hydrogens is 479 g/mol. The summed E-state index contributed by atoms with van der Waals surface area (Å²) in [4.78, 5) is 29.1. The van der Waals surface area contributed by atoms with E-state index in [1.807, 2.05) is 19.1 Å². The maximum Gasteiger partial charge on any atom is 0.255 e. The topological polar surface area (TPSA) is 49.9 Å². The van der Waals surface area contributed by atoms with Gasteiger partial charge in [-0.25, -0.2) is 0 Å². The number of hydrogen-bond acceptors (Lipinski definition) is 3. The number of benzene rings is 2. The van der Waals surface area contributed by atoms with E-state index in [1.54, 1.807) is 41.2 Å². The second-order valence-electron chi connectivity index (χ2n) is 6.39. The van der Waals surface area contributed by atoms with Crippen LogP contribution in [0.2, 0.25) is 5.02 Å². The Morgan fingerprint density at radius 1 is 1.00 bits per heavy atom. The molecule has 1 saturated heterocycles.